The van der Waals surface area contributed by atoms with Gasteiger partial charge in [-0.3, -0.25) is 0 Å². The standard InChI is InChI=1S/C15H10ClFS/c16-15(14-6-3-9-18-14)12-7-8-13(17)11-5-2-1-4-10(11)12/h1-9,15H. The molecule has 0 saturated heterocycles. The molecule has 3 rings (SSSR count). The summed E-state index contributed by atoms with van der Waals surface area (Å²) in [6.07, 6.45) is 0. The number of thiophene rings is 1. The molecule has 0 aliphatic carbocycles. The van der Waals surface area contributed by atoms with Crippen molar-refractivity contribution >= 4 is 33.7 Å². The van der Waals surface area contributed by atoms with Gasteiger partial charge < -0.3 is 0 Å². The molecule has 0 aliphatic rings. The second-order valence-corrected chi connectivity index (χ2v) is 5.48. The SMILES string of the molecule is Fc1ccc(C(Cl)c2cccs2)c2ccccc12. The van der Waals surface area contributed by atoms with Gasteiger partial charge in [0.05, 0.1) is 5.38 Å². The van der Waals surface area contributed by atoms with Gasteiger partial charge in [0.15, 0.2) is 0 Å². The summed E-state index contributed by atoms with van der Waals surface area (Å²) in [6.45, 7) is 0. The van der Waals surface area contributed by atoms with Crippen LogP contribution < -0.4 is 0 Å². The molecule has 1 heterocycles. The van der Waals surface area contributed by atoms with Gasteiger partial charge in [0, 0.05) is 10.3 Å². The van der Waals surface area contributed by atoms with E-state index < -0.39 is 0 Å². The molecule has 0 N–H and O–H groups in total. The lowest BCUT2D eigenvalue weighted by Crippen LogP contribution is -1.93. The number of hydrogen-bond donors (Lipinski definition) is 0. The lowest BCUT2D eigenvalue weighted by Gasteiger charge is -2.12. The third-order valence-corrected chi connectivity index (χ3v) is 4.51. The predicted octanol–water partition coefficient (Wildman–Crippen LogP) is 5.37. The van der Waals surface area contributed by atoms with E-state index in [1.165, 1.54) is 6.07 Å². The van der Waals surface area contributed by atoms with Crippen molar-refractivity contribution in [1.82, 2.24) is 0 Å². The molecular weight excluding hydrogens is 267 g/mol. The van der Waals surface area contributed by atoms with Crippen molar-refractivity contribution in [1.29, 1.82) is 0 Å². The Balaban J connectivity index is 2.21. The van der Waals surface area contributed by atoms with Crippen LogP contribution in [0.1, 0.15) is 15.8 Å². The van der Waals surface area contributed by atoms with Gasteiger partial charge in [0.1, 0.15) is 5.82 Å². The maximum atomic E-state index is 13.7. The molecule has 0 fully saturated rings. The van der Waals surface area contributed by atoms with Crippen LogP contribution in [0.4, 0.5) is 4.39 Å². The van der Waals surface area contributed by atoms with Gasteiger partial charge in [0.25, 0.3) is 0 Å². The molecular formula is C15H10ClFS. The minimum Gasteiger partial charge on any atom is -0.206 e. The monoisotopic (exact) mass is 276 g/mol. The molecule has 0 saturated carbocycles. The molecule has 3 heteroatoms. The van der Waals surface area contributed by atoms with Crippen LogP contribution >= 0.6 is 22.9 Å². The number of fused-ring (bicyclic) bond motifs is 1. The lowest BCUT2D eigenvalue weighted by molar-refractivity contribution is 0.639. The second kappa shape index (κ2) is 4.71. The molecule has 1 aromatic heterocycles. The molecule has 0 aliphatic heterocycles. The lowest BCUT2D eigenvalue weighted by atomic mass is 10.0. The minimum absolute atomic E-state index is 0.204. The van der Waals surface area contributed by atoms with Crippen LogP contribution in [0.3, 0.4) is 0 Å². The van der Waals surface area contributed by atoms with Gasteiger partial charge in [-0.15, -0.1) is 22.9 Å². The van der Waals surface area contributed by atoms with E-state index in [1.54, 1.807) is 23.5 Å². The molecule has 0 amide bonds. The van der Waals surface area contributed by atoms with Gasteiger partial charge >= 0.3 is 0 Å². The summed E-state index contributed by atoms with van der Waals surface area (Å²) in [5, 5.41) is 3.27. The van der Waals surface area contributed by atoms with E-state index in [0.717, 1.165) is 15.8 Å². The van der Waals surface area contributed by atoms with E-state index in [-0.39, 0.29) is 11.2 Å². The zero-order valence-corrected chi connectivity index (χ0v) is 11.0. The van der Waals surface area contributed by atoms with Crippen molar-refractivity contribution in [2.75, 3.05) is 0 Å². The van der Waals surface area contributed by atoms with Crippen LogP contribution in [0.25, 0.3) is 10.8 Å². The van der Waals surface area contributed by atoms with Gasteiger partial charge in [0.2, 0.25) is 0 Å². The van der Waals surface area contributed by atoms with E-state index in [0.29, 0.717) is 5.39 Å². The summed E-state index contributed by atoms with van der Waals surface area (Å²) in [7, 11) is 0. The van der Waals surface area contributed by atoms with E-state index in [4.69, 9.17) is 11.6 Å². The molecule has 3 aromatic rings. The van der Waals surface area contributed by atoms with E-state index in [1.807, 2.05) is 35.7 Å². The molecule has 0 nitrogen and oxygen atoms in total. The fourth-order valence-electron chi connectivity index (χ4n) is 2.10. The van der Waals surface area contributed by atoms with E-state index in [2.05, 4.69) is 0 Å². The first-order valence-electron chi connectivity index (χ1n) is 5.62. The summed E-state index contributed by atoms with van der Waals surface area (Å²) < 4.78 is 13.7. The Kier molecular flexibility index (Phi) is 3.06. The predicted molar refractivity (Wildman–Crippen MR) is 75.9 cm³/mol. The summed E-state index contributed by atoms with van der Waals surface area (Å²) in [4.78, 5) is 1.08. The fraction of sp³-hybridized carbons (Fsp3) is 0.0667. The van der Waals surface area contributed by atoms with Crippen LogP contribution in [0.5, 0.6) is 0 Å². The zero-order chi connectivity index (χ0) is 12.5. The molecule has 90 valence electrons. The average Bonchev–Trinajstić information content (AvgIpc) is 2.93. The molecule has 0 radical (unpaired) electrons. The van der Waals surface area contributed by atoms with Crippen LogP contribution in [-0.4, -0.2) is 0 Å². The normalized spacial score (nSPS) is 12.8. The van der Waals surface area contributed by atoms with Crippen LogP contribution in [0.15, 0.2) is 53.9 Å². The number of alkyl halides is 1. The van der Waals surface area contributed by atoms with E-state index >= 15 is 0 Å². The maximum absolute atomic E-state index is 13.7. The quantitative estimate of drug-likeness (QED) is 0.552. The highest BCUT2D eigenvalue weighted by Gasteiger charge is 2.15. The van der Waals surface area contributed by atoms with Gasteiger partial charge in [-0.05, 0) is 28.5 Å². The first-order valence-corrected chi connectivity index (χ1v) is 6.93. The Labute approximate surface area is 114 Å². The number of hydrogen-bond acceptors (Lipinski definition) is 1. The smallest absolute Gasteiger partial charge is 0.131 e. The van der Waals surface area contributed by atoms with Crippen LogP contribution in [0.2, 0.25) is 0 Å². The molecule has 0 spiro atoms. The summed E-state index contributed by atoms with van der Waals surface area (Å²) in [5.74, 6) is -0.204. The van der Waals surface area contributed by atoms with Crippen molar-refractivity contribution in [2.24, 2.45) is 0 Å². The second-order valence-electron chi connectivity index (χ2n) is 4.06. The first kappa shape index (κ1) is 11.7. The van der Waals surface area contributed by atoms with Crippen molar-refractivity contribution in [2.45, 2.75) is 5.38 Å². The molecule has 0 bridgehead atoms. The third-order valence-electron chi connectivity index (χ3n) is 2.97. The number of halogens is 2. The van der Waals surface area contributed by atoms with Crippen molar-refractivity contribution < 1.29 is 4.39 Å². The zero-order valence-electron chi connectivity index (χ0n) is 9.44. The molecule has 2 aromatic carbocycles. The van der Waals surface area contributed by atoms with Gasteiger partial charge in [-0.2, -0.15) is 0 Å². The first-order chi connectivity index (χ1) is 8.77. The molecule has 18 heavy (non-hydrogen) atoms. The largest absolute Gasteiger partial charge is 0.206 e. The Bertz CT molecular complexity index is 676. The Hall–Kier alpha value is -1.38. The highest BCUT2D eigenvalue weighted by Crippen LogP contribution is 2.36. The fourth-order valence-corrected chi connectivity index (χ4v) is 3.23. The Morgan fingerprint density at radius 2 is 1.72 bits per heavy atom. The Morgan fingerprint density at radius 3 is 2.44 bits per heavy atom. The summed E-state index contributed by atoms with van der Waals surface area (Å²) in [6, 6.07) is 14.7. The molecule has 1 unspecified atom stereocenters. The van der Waals surface area contributed by atoms with Gasteiger partial charge in [-0.25, -0.2) is 4.39 Å². The van der Waals surface area contributed by atoms with Crippen molar-refractivity contribution in [3.8, 4) is 0 Å². The van der Waals surface area contributed by atoms with Crippen molar-refractivity contribution in [3.05, 3.63) is 70.2 Å². The van der Waals surface area contributed by atoms with E-state index in [9.17, 15) is 4.39 Å². The van der Waals surface area contributed by atoms with Crippen LogP contribution in [-0.2, 0) is 0 Å². The van der Waals surface area contributed by atoms with Crippen LogP contribution in [0, 0.1) is 5.82 Å². The number of benzene rings is 2. The number of rotatable bonds is 2. The van der Waals surface area contributed by atoms with Crippen molar-refractivity contribution in [3.63, 3.8) is 0 Å². The maximum Gasteiger partial charge on any atom is 0.131 e. The average molecular weight is 277 g/mol. The topological polar surface area (TPSA) is 0 Å². The summed E-state index contributed by atoms with van der Waals surface area (Å²) in [5.41, 5.74) is 0.955. The highest BCUT2D eigenvalue weighted by atomic mass is 35.5. The highest BCUT2D eigenvalue weighted by molar-refractivity contribution is 7.10. The van der Waals surface area contributed by atoms with Gasteiger partial charge in [-0.1, -0.05) is 36.4 Å². The Morgan fingerprint density at radius 1 is 0.944 bits per heavy atom. The minimum atomic E-state index is -0.226. The summed E-state index contributed by atoms with van der Waals surface area (Å²) >= 11 is 8.11. The molecule has 1 atom stereocenters. The third kappa shape index (κ3) is 1.92.